The summed E-state index contributed by atoms with van der Waals surface area (Å²) in [7, 11) is 0. The lowest BCUT2D eigenvalue weighted by molar-refractivity contribution is -0.121. The number of nitrogens with two attached hydrogens (primary N) is 1. The van der Waals surface area contributed by atoms with Gasteiger partial charge in [-0.3, -0.25) is 15.6 Å². The van der Waals surface area contributed by atoms with Crippen molar-refractivity contribution in [1.82, 2.24) is 10.9 Å². The summed E-state index contributed by atoms with van der Waals surface area (Å²) in [5.41, 5.74) is 10.1. The van der Waals surface area contributed by atoms with E-state index in [0.29, 0.717) is 6.42 Å². The van der Waals surface area contributed by atoms with Crippen molar-refractivity contribution in [3.05, 3.63) is 0 Å². The average Bonchev–Trinajstić information content (AvgIpc) is 2.48. The summed E-state index contributed by atoms with van der Waals surface area (Å²) in [4.78, 5) is 11.4. The first-order valence-electron chi connectivity index (χ1n) is 4.14. The maximum absolute atomic E-state index is 11.4. The monoisotopic (exact) mass is 251 g/mol. The van der Waals surface area contributed by atoms with E-state index in [2.05, 4.69) is 30.0 Å². The summed E-state index contributed by atoms with van der Waals surface area (Å²) in [5.74, 6) is 2.14. The molecule has 0 aromatic rings. The Morgan fingerprint density at radius 1 is 1.50 bits per heavy atom. The summed E-state index contributed by atoms with van der Waals surface area (Å²) in [6.07, 6.45) is 0.470. The minimum Gasteiger partial charge on any atom is -0.375 e. The number of nitrogens with one attached hydrogen (secondary N) is 2. The van der Waals surface area contributed by atoms with Crippen LogP contribution < -0.4 is 16.6 Å². The third kappa shape index (κ3) is 3.93. The quantitative estimate of drug-likeness (QED) is 0.489. The van der Waals surface area contributed by atoms with Gasteiger partial charge in [-0.05, 0) is 19.1 Å². The SMILES string of the molecule is CC1(CC(=O)NNC(N)=S)SCCS1. The topological polar surface area (TPSA) is 67.2 Å². The van der Waals surface area contributed by atoms with Crippen LogP contribution in [0.2, 0.25) is 0 Å². The third-order valence-electron chi connectivity index (χ3n) is 1.70. The van der Waals surface area contributed by atoms with Crippen LogP contribution in [0, 0.1) is 0 Å². The molecule has 0 saturated carbocycles. The van der Waals surface area contributed by atoms with Gasteiger partial charge in [0.1, 0.15) is 0 Å². The molecule has 7 heteroatoms. The first-order valence-corrected chi connectivity index (χ1v) is 6.52. The van der Waals surface area contributed by atoms with E-state index in [1.807, 2.05) is 23.5 Å². The lowest BCUT2D eigenvalue weighted by Crippen LogP contribution is -2.45. The minimum absolute atomic E-state index is 0.00197. The van der Waals surface area contributed by atoms with Crippen molar-refractivity contribution in [3.8, 4) is 0 Å². The molecule has 1 aliphatic heterocycles. The first kappa shape index (κ1) is 11.9. The van der Waals surface area contributed by atoms with E-state index in [-0.39, 0.29) is 15.1 Å². The summed E-state index contributed by atoms with van der Waals surface area (Å²) < 4.78 is 0.00197. The Morgan fingerprint density at radius 3 is 2.57 bits per heavy atom. The molecule has 1 heterocycles. The molecule has 0 aromatic heterocycles. The Bertz CT molecular complexity index is 240. The molecule has 1 saturated heterocycles. The van der Waals surface area contributed by atoms with Crippen molar-refractivity contribution in [2.24, 2.45) is 5.73 Å². The van der Waals surface area contributed by atoms with Gasteiger partial charge in [0.2, 0.25) is 5.91 Å². The van der Waals surface area contributed by atoms with Crippen LogP contribution in [0.4, 0.5) is 0 Å². The number of amides is 1. The number of thioether (sulfide) groups is 2. The minimum atomic E-state index is -0.0813. The molecule has 1 rings (SSSR count). The average molecular weight is 251 g/mol. The Labute approximate surface area is 97.1 Å². The molecule has 0 aliphatic carbocycles. The second kappa shape index (κ2) is 5.09. The van der Waals surface area contributed by atoms with Gasteiger partial charge in [0, 0.05) is 11.5 Å². The molecule has 0 unspecified atom stereocenters. The highest BCUT2D eigenvalue weighted by molar-refractivity contribution is 8.21. The Kier molecular flexibility index (Phi) is 4.33. The van der Waals surface area contributed by atoms with Gasteiger partial charge in [0.25, 0.3) is 0 Å². The van der Waals surface area contributed by atoms with Gasteiger partial charge >= 0.3 is 0 Å². The second-order valence-electron chi connectivity index (χ2n) is 3.04. The van der Waals surface area contributed by atoms with E-state index in [4.69, 9.17) is 5.73 Å². The Morgan fingerprint density at radius 2 is 2.07 bits per heavy atom. The Balaban J connectivity index is 2.29. The largest absolute Gasteiger partial charge is 0.375 e. The zero-order chi connectivity index (χ0) is 10.6. The highest BCUT2D eigenvalue weighted by Gasteiger charge is 2.32. The highest BCUT2D eigenvalue weighted by Crippen LogP contribution is 2.45. The van der Waals surface area contributed by atoms with Crippen LogP contribution in [0.1, 0.15) is 13.3 Å². The van der Waals surface area contributed by atoms with Gasteiger partial charge in [0.15, 0.2) is 5.11 Å². The molecule has 1 amide bonds. The zero-order valence-corrected chi connectivity index (χ0v) is 10.3. The van der Waals surface area contributed by atoms with Gasteiger partial charge in [0.05, 0.1) is 10.5 Å². The highest BCUT2D eigenvalue weighted by atomic mass is 32.2. The van der Waals surface area contributed by atoms with Crippen LogP contribution in [-0.4, -0.2) is 26.6 Å². The number of rotatable bonds is 2. The fourth-order valence-corrected chi connectivity index (χ4v) is 4.01. The third-order valence-corrected chi connectivity index (χ3v) is 5.10. The molecule has 1 aliphatic rings. The van der Waals surface area contributed by atoms with E-state index in [0.717, 1.165) is 11.5 Å². The van der Waals surface area contributed by atoms with Crippen LogP contribution in [0.3, 0.4) is 0 Å². The van der Waals surface area contributed by atoms with Crippen molar-refractivity contribution < 1.29 is 4.79 Å². The fourth-order valence-electron chi connectivity index (χ4n) is 1.13. The lowest BCUT2D eigenvalue weighted by Gasteiger charge is -2.20. The number of carbonyl (C=O) groups excluding carboxylic acids is 1. The molecule has 0 atom stereocenters. The summed E-state index contributed by atoms with van der Waals surface area (Å²) >= 11 is 8.20. The molecular weight excluding hydrogens is 238 g/mol. The van der Waals surface area contributed by atoms with Crippen LogP contribution in [0.15, 0.2) is 0 Å². The maximum Gasteiger partial charge on any atom is 0.240 e. The summed E-state index contributed by atoms with van der Waals surface area (Å²) in [6.45, 7) is 2.08. The molecule has 0 aromatic carbocycles. The van der Waals surface area contributed by atoms with Gasteiger partial charge < -0.3 is 5.73 Å². The van der Waals surface area contributed by atoms with E-state index >= 15 is 0 Å². The predicted octanol–water partition coefficient (Wildman–Crippen LogP) is 0.437. The molecule has 80 valence electrons. The van der Waals surface area contributed by atoms with Crippen LogP contribution in [0.5, 0.6) is 0 Å². The molecule has 14 heavy (non-hydrogen) atoms. The normalized spacial score (nSPS) is 18.9. The number of hydrogen-bond acceptors (Lipinski definition) is 4. The number of thiocarbonyl (C=S) groups is 1. The predicted molar refractivity (Wildman–Crippen MR) is 66.0 cm³/mol. The molecule has 0 bridgehead atoms. The van der Waals surface area contributed by atoms with Gasteiger partial charge in [-0.15, -0.1) is 23.5 Å². The lowest BCUT2D eigenvalue weighted by atomic mass is 10.3. The van der Waals surface area contributed by atoms with Crippen molar-refractivity contribution in [2.45, 2.75) is 17.4 Å². The van der Waals surface area contributed by atoms with Gasteiger partial charge in [-0.25, -0.2) is 0 Å². The van der Waals surface area contributed by atoms with Crippen LogP contribution >= 0.6 is 35.7 Å². The fraction of sp³-hybridized carbons (Fsp3) is 0.714. The number of hydrazine groups is 1. The van der Waals surface area contributed by atoms with Crippen molar-refractivity contribution in [1.29, 1.82) is 0 Å². The smallest absolute Gasteiger partial charge is 0.240 e. The van der Waals surface area contributed by atoms with Crippen molar-refractivity contribution in [2.75, 3.05) is 11.5 Å². The van der Waals surface area contributed by atoms with Gasteiger partial charge in [-0.1, -0.05) is 0 Å². The molecule has 0 radical (unpaired) electrons. The molecule has 1 fully saturated rings. The standard InChI is InChI=1S/C7H13N3OS3/c1-7(13-2-3-14-7)4-5(11)9-10-6(8)12/h2-4H2,1H3,(H,9,11)(H3,8,10,12). The maximum atomic E-state index is 11.4. The van der Waals surface area contributed by atoms with E-state index in [1.54, 1.807) is 0 Å². The van der Waals surface area contributed by atoms with Crippen LogP contribution in [0.25, 0.3) is 0 Å². The molecular formula is C7H13N3OS3. The molecule has 0 spiro atoms. The summed E-state index contributed by atoms with van der Waals surface area (Å²) in [5, 5.41) is 0.0789. The zero-order valence-electron chi connectivity index (χ0n) is 7.83. The second-order valence-corrected chi connectivity index (χ2v) is 6.94. The number of carbonyl (C=O) groups is 1. The van der Waals surface area contributed by atoms with E-state index < -0.39 is 0 Å². The first-order chi connectivity index (χ1) is 6.52. The number of hydrogen-bond donors (Lipinski definition) is 3. The van der Waals surface area contributed by atoms with Gasteiger partial charge in [-0.2, -0.15) is 0 Å². The van der Waals surface area contributed by atoms with E-state index in [1.165, 1.54) is 0 Å². The molecule has 4 N–H and O–H groups in total. The van der Waals surface area contributed by atoms with E-state index in [9.17, 15) is 4.79 Å². The Hall–Kier alpha value is -0.140. The van der Waals surface area contributed by atoms with Crippen LogP contribution in [-0.2, 0) is 4.79 Å². The van der Waals surface area contributed by atoms with Crippen molar-refractivity contribution in [3.63, 3.8) is 0 Å². The summed E-state index contributed by atoms with van der Waals surface area (Å²) in [6, 6.07) is 0. The van der Waals surface area contributed by atoms with Crippen molar-refractivity contribution >= 4 is 46.8 Å². The molecule has 4 nitrogen and oxygen atoms in total.